The van der Waals surface area contributed by atoms with Crippen LogP contribution in [-0.4, -0.2) is 14.2 Å². The van der Waals surface area contributed by atoms with E-state index in [1.54, 1.807) is 6.92 Å². The number of hydrogen-bond donors (Lipinski definition) is 1. The van der Waals surface area contributed by atoms with Crippen LogP contribution in [0.2, 0.25) is 0 Å². The average Bonchev–Trinajstić information content (AvgIpc) is 2.17. The summed E-state index contributed by atoms with van der Waals surface area (Å²) in [7, 11) is -3.16. The third-order valence-electron chi connectivity index (χ3n) is 2.28. The van der Waals surface area contributed by atoms with E-state index in [2.05, 4.69) is 0 Å². The Hall–Kier alpha value is -0.940. The Kier molecular flexibility index (Phi) is 4.44. The number of hydrogen-bond acceptors (Lipinski definition) is 3. The molecule has 0 unspecified atom stereocenters. The van der Waals surface area contributed by atoms with Gasteiger partial charge in [0.25, 0.3) is 0 Å². The van der Waals surface area contributed by atoms with E-state index >= 15 is 0 Å². The van der Waals surface area contributed by atoms with Crippen molar-refractivity contribution in [2.24, 2.45) is 5.73 Å². The summed E-state index contributed by atoms with van der Waals surface area (Å²) in [6, 6.07) is 4.07. The van der Waals surface area contributed by atoms with E-state index in [9.17, 15) is 12.8 Å². The Morgan fingerprint density at radius 1 is 1.31 bits per heavy atom. The standard InChI is InChI=1S/C11H16FNO2S/c1-2-5-16(14,15)8-10-6-11(12)4-3-9(10)7-13/h3-4,6H,2,5,7-8,13H2,1H3. The van der Waals surface area contributed by atoms with E-state index in [0.29, 0.717) is 17.5 Å². The van der Waals surface area contributed by atoms with Gasteiger partial charge in [0, 0.05) is 6.54 Å². The lowest BCUT2D eigenvalue weighted by Crippen LogP contribution is -2.11. The number of rotatable bonds is 5. The average molecular weight is 245 g/mol. The summed E-state index contributed by atoms with van der Waals surface area (Å²) in [5, 5.41) is 0. The van der Waals surface area contributed by atoms with E-state index in [1.165, 1.54) is 18.2 Å². The zero-order valence-electron chi connectivity index (χ0n) is 9.24. The van der Waals surface area contributed by atoms with Gasteiger partial charge in [-0.05, 0) is 29.7 Å². The minimum absolute atomic E-state index is 0.119. The van der Waals surface area contributed by atoms with E-state index in [-0.39, 0.29) is 18.1 Å². The SMILES string of the molecule is CCCS(=O)(=O)Cc1cc(F)ccc1CN. The number of nitrogens with two attached hydrogens (primary N) is 1. The molecule has 0 aliphatic rings. The lowest BCUT2D eigenvalue weighted by molar-refractivity contribution is 0.593. The molecule has 0 heterocycles. The van der Waals surface area contributed by atoms with Crippen molar-refractivity contribution < 1.29 is 12.8 Å². The molecule has 5 heteroatoms. The van der Waals surface area contributed by atoms with Crippen molar-refractivity contribution in [1.29, 1.82) is 0 Å². The Balaban J connectivity index is 3.00. The molecule has 90 valence electrons. The van der Waals surface area contributed by atoms with Gasteiger partial charge in [0.05, 0.1) is 11.5 Å². The second-order valence-electron chi connectivity index (χ2n) is 3.71. The Morgan fingerprint density at radius 3 is 2.56 bits per heavy atom. The molecule has 2 N–H and O–H groups in total. The van der Waals surface area contributed by atoms with Crippen molar-refractivity contribution in [2.75, 3.05) is 5.75 Å². The minimum Gasteiger partial charge on any atom is -0.326 e. The fraction of sp³-hybridized carbons (Fsp3) is 0.455. The van der Waals surface area contributed by atoms with Gasteiger partial charge in [0.2, 0.25) is 0 Å². The molecule has 0 aromatic heterocycles. The molecule has 0 aliphatic heterocycles. The predicted octanol–water partition coefficient (Wildman–Crippen LogP) is 1.61. The molecule has 0 fully saturated rings. The molecule has 0 bridgehead atoms. The Labute approximate surface area is 95.4 Å². The second kappa shape index (κ2) is 5.41. The van der Waals surface area contributed by atoms with Gasteiger partial charge in [-0.15, -0.1) is 0 Å². The third-order valence-corrected chi connectivity index (χ3v) is 4.06. The molecule has 0 radical (unpaired) electrons. The van der Waals surface area contributed by atoms with Crippen LogP contribution in [0.5, 0.6) is 0 Å². The summed E-state index contributed by atoms with van der Waals surface area (Å²) in [5.41, 5.74) is 6.63. The normalized spacial score (nSPS) is 11.7. The molecule has 0 atom stereocenters. The second-order valence-corrected chi connectivity index (χ2v) is 5.89. The lowest BCUT2D eigenvalue weighted by atomic mass is 10.1. The van der Waals surface area contributed by atoms with Crippen molar-refractivity contribution in [3.05, 3.63) is 35.1 Å². The number of sulfone groups is 1. The van der Waals surface area contributed by atoms with Crippen LogP contribution in [0.3, 0.4) is 0 Å². The molecule has 1 rings (SSSR count). The number of benzene rings is 1. The topological polar surface area (TPSA) is 60.2 Å². The van der Waals surface area contributed by atoms with Crippen molar-refractivity contribution in [3.63, 3.8) is 0 Å². The van der Waals surface area contributed by atoms with Crippen molar-refractivity contribution in [3.8, 4) is 0 Å². The first-order valence-electron chi connectivity index (χ1n) is 5.16. The van der Waals surface area contributed by atoms with Crippen molar-refractivity contribution in [1.82, 2.24) is 0 Å². The smallest absolute Gasteiger partial charge is 0.154 e. The highest BCUT2D eigenvalue weighted by Crippen LogP contribution is 2.15. The third kappa shape index (κ3) is 3.57. The molecule has 1 aromatic carbocycles. The van der Waals surface area contributed by atoms with E-state index < -0.39 is 15.7 Å². The molecule has 3 nitrogen and oxygen atoms in total. The maximum atomic E-state index is 13.0. The van der Waals surface area contributed by atoms with Crippen LogP contribution < -0.4 is 5.73 Å². The van der Waals surface area contributed by atoms with Crippen LogP contribution in [0.25, 0.3) is 0 Å². The number of halogens is 1. The first-order chi connectivity index (χ1) is 7.48. The first-order valence-corrected chi connectivity index (χ1v) is 6.98. The van der Waals surface area contributed by atoms with Crippen molar-refractivity contribution in [2.45, 2.75) is 25.6 Å². The molecular weight excluding hydrogens is 229 g/mol. The summed E-state index contributed by atoms with van der Waals surface area (Å²) in [5.74, 6) is -0.447. The monoisotopic (exact) mass is 245 g/mol. The zero-order valence-corrected chi connectivity index (χ0v) is 10.1. The summed E-state index contributed by atoms with van der Waals surface area (Å²) >= 11 is 0. The summed E-state index contributed by atoms with van der Waals surface area (Å²) in [6.45, 7) is 2.02. The van der Waals surface area contributed by atoms with Gasteiger partial charge in [0.15, 0.2) is 9.84 Å². The van der Waals surface area contributed by atoms with Gasteiger partial charge in [0.1, 0.15) is 5.82 Å². The quantitative estimate of drug-likeness (QED) is 0.857. The maximum Gasteiger partial charge on any atom is 0.154 e. The van der Waals surface area contributed by atoms with Crippen LogP contribution in [0.1, 0.15) is 24.5 Å². The largest absolute Gasteiger partial charge is 0.326 e. The van der Waals surface area contributed by atoms with Crippen LogP contribution >= 0.6 is 0 Å². The van der Waals surface area contributed by atoms with Crippen LogP contribution in [0.4, 0.5) is 4.39 Å². The highest BCUT2D eigenvalue weighted by Gasteiger charge is 2.13. The highest BCUT2D eigenvalue weighted by atomic mass is 32.2. The van der Waals surface area contributed by atoms with Gasteiger partial charge >= 0.3 is 0 Å². The highest BCUT2D eigenvalue weighted by molar-refractivity contribution is 7.90. The molecular formula is C11H16FNO2S. The molecule has 0 saturated carbocycles. The summed E-state index contributed by atoms with van der Waals surface area (Å²) < 4.78 is 36.2. The molecule has 0 aliphatic carbocycles. The lowest BCUT2D eigenvalue weighted by Gasteiger charge is -2.08. The predicted molar refractivity (Wildman–Crippen MR) is 62.1 cm³/mol. The fourth-order valence-corrected chi connectivity index (χ4v) is 3.06. The van der Waals surface area contributed by atoms with Crippen LogP contribution in [-0.2, 0) is 22.1 Å². The first kappa shape index (κ1) is 13.1. The fourth-order valence-electron chi connectivity index (χ4n) is 1.55. The molecule has 0 amide bonds. The van der Waals surface area contributed by atoms with Crippen molar-refractivity contribution >= 4 is 9.84 Å². The molecule has 0 spiro atoms. The van der Waals surface area contributed by atoms with E-state index in [0.717, 1.165) is 0 Å². The molecule has 16 heavy (non-hydrogen) atoms. The van der Waals surface area contributed by atoms with Crippen LogP contribution in [0, 0.1) is 5.82 Å². The van der Waals surface area contributed by atoms with E-state index in [4.69, 9.17) is 5.73 Å². The zero-order chi connectivity index (χ0) is 12.2. The Morgan fingerprint density at radius 2 is 2.00 bits per heavy atom. The summed E-state index contributed by atoms with van der Waals surface area (Å²) in [4.78, 5) is 0. The van der Waals surface area contributed by atoms with Crippen LogP contribution in [0.15, 0.2) is 18.2 Å². The molecule has 1 aromatic rings. The summed E-state index contributed by atoms with van der Waals surface area (Å²) in [6.07, 6.45) is 0.565. The molecule has 0 saturated heterocycles. The minimum atomic E-state index is -3.16. The van der Waals surface area contributed by atoms with E-state index in [1.807, 2.05) is 0 Å². The maximum absolute atomic E-state index is 13.0. The van der Waals surface area contributed by atoms with Gasteiger partial charge in [-0.1, -0.05) is 13.0 Å². The van der Waals surface area contributed by atoms with Gasteiger partial charge in [-0.3, -0.25) is 0 Å². The van der Waals surface area contributed by atoms with Gasteiger partial charge < -0.3 is 5.73 Å². The van der Waals surface area contributed by atoms with Gasteiger partial charge in [-0.25, -0.2) is 12.8 Å². The van der Waals surface area contributed by atoms with Gasteiger partial charge in [-0.2, -0.15) is 0 Å². The Bertz CT molecular complexity index is 457.